The van der Waals surface area contributed by atoms with Gasteiger partial charge in [-0.15, -0.1) is 0 Å². The van der Waals surface area contributed by atoms with E-state index < -0.39 is 27.6 Å². The van der Waals surface area contributed by atoms with Gasteiger partial charge in [0.05, 0.1) is 26.5 Å². The van der Waals surface area contributed by atoms with Crippen LogP contribution in [-0.2, 0) is 9.84 Å². The Morgan fingerprint density at radius 1 is 0.960 bits per heavy atom. The minimum Gasteiger partial charge on any atom is -0.478 e. The molecule has 1 aliphatic rings. The number of amides is 2. The van der Waals surface area contributed by atoms with E-state index in [-0.39, 0.29) is 33.0 Å². The third-order valence-corrected chi connectivity index (χ3v) is 5.75. The maximum absolute atomic E-state index is 12.7. The molecule has 0 saturated carbocycles. The average molecular weight is 359 g/mol. The predicted octanol–water partition coefficient (Wildman–Crippen LogP) is 1.83. The second-order valence-corrected chi connectivity index (χ2v) is 7.34. The molecule has 0 radical (unpaired) electrons. The lowest BCUT2D eigenvalue weighted by molar-refractivity contribution is 0.0658. The van der Waals surface area contributed by atoms with Crippen LogP contribution in [0.15, 0.2) is 52.3 Å². The van der Waals surface area contributed by atoms with Gasteiger partial charge in [0.15, 0.2) is 0 Å². The van der Waals surface area contributed by atoms with Crippen LogP contribution in [0.5, 0.6) is 0 Å². The van der Waals surface area contributed by atoms with E-state index in [1.165, 1.54) is 42.5 Å². The van der Waals surface area contributed by atoms with Crippen LogP contribution < -0.4 is 0 Å². The van der Waals surface area contributed by atoms with E-state index in [4.69, 9.17) is 5.11 Å². The second kappa shape index (κ2) is 5.82. The lowest BCUT2D eigenvalue weighted by atomic mass is 10.1. The molecule has 0 aromatic heterocycles. The van der Waals surface area contributed by atoms with Crippen molar-refractivity contribution in [3.05, 3.63) is 59.2 Å². The van der Waals surface area contributed by atoms with Gasteiger partial charge in [-0.3, -0.25) is 14.5 Å². The summed E-state index contributed by atoms with van der Waals surface area (Å²) in [5.74, 6) is -2.14. The summed E-state index contributed by atoms with van der Waals surface area (Å²) in [6.07, 6.45) is 0. The lowest BCUT2D eigenvalue weighted by Crippen LogP contribution is -2.29. The molecule has 3 rings (SSSR count). The highest BCUT2D eigenvalue weighted by Gasteiger charge is 2.35. The highest BCUT2D eigenvalue weighted by Crippen LogP contribution is 2.28. The third kappa shape index (κ3) is 2.60. The van der Waals surface area contributed by atoms with Crippen molar-refractivity contribution in [2.24, 2.45) is 0 Å². The van der Waals surface area contributed by atoms with Crippen molar-refractivity contribution in [1.29, 1.82) is 0 Å². The summed E-state index contributed by atoms with van der Waals surface area (Å²) >= 11 is 0. The number of hydrogen-bond donors (Lipinski definition) is 1. The number of carboxylic acids is 1. The fourth-order valence-electron chi connectivity index (χ4n) is 2.64. The van der Waals surface area contributed by atoms with Crippen LogP contribution in [0.1, 0.15) is 38.0 Å². The number of rotatable bonds is 4. The van der Waals surface area contributed by atoms with E-state index in [1.807, 2.05) is 0 Å². The standard InChI is InChI=1S/C17H13NO6S/c1-2-18-15(19)13-8-7-12(9-14(13)16(18)20)25(23,24)11-5-3-10(4-6-11)17(21)22/h3-9H,2H2,1H3,(H,21,22). The Bertz CT molecular complexity index is 1010. The highest BCUT2D eigenvalue weighted by molar-refractivity contribution is 7.91. The third-order valence-electron chi connectivity index (χ3n) is 3.98. The minimum absolute atomic E-state index is 0.0349. The topological polar surface area (TPSA) is 109 Å². The van der Waals surface area contributed by atoms with Crippen LogP contribution in [0.2, 0.25) is 0 Å². The summed E-state index contributed by atoms with van der Waals surface area (Å²) in [5, 5.41) is 8.88. The van der Waals surface area contributed by atoms with Gasteiger partial charge in [0.2, 0.25) is 9.84 Å². The number of nitrogens with zero attached hydrogens (tertiary/aromatic N) is 1. The van der Waals surface area contributed by atoms with Gasteiger partial charge in [0.1, 0.15) is 0 Å². The van der Waals surface area contributed by atoms with Crippen LogP contribution in [0.25, 0.3) is 0 Å². The fourth-order valence-corrected chi connectivity index (χ4v) is 3.92. The first-order valence-corrected chi connectivity index (χ1v) is 8.84. The van der Waals surface area contributed by atoms with Gasteiger partial charge in [-0.05, 0) is 49.4 Å². The Hall–Kier alpha value is -3.00. The molecule has 7 nitrogen and oxygen atoms in total. The molecule has 25 heavy (non-hydrogen) atoms. The van der Waals surface area contributed by atoms with Crippen LogP contribution in [0.3, 0.4) is 0 Å². The van der Waals surface area contributed by atoms with Gasteiger partial charge in [-0.1, -0.05) is 0 Å². The minimum atomic E-state index is -3.94. The molecule has 2 aromatic carbocycles. The molecule has 0 spiro atoms. The van der Waals surface area contributed by atoms with Crippen LogP contribution in [-0.4, -0.2) is 42.8 Å². The summed E-state index contributed by atoms with van der Waals surface area (Å²) in [4.78, 5) is 36.0. The van der Waals surface area contributed by atoms with Crippen molar-refractivity contribution in [2.45, 2.75) is 16.7 Å². The van der Waals surface area contributed by atoms with Gasteiger partial charge >= 0.3 is 5.97 Å². The molecule has 1 aliphatic heterocycles. The van der Waals surface area contributed by atoms with E-state index in [2.05, 4.69) is 0 Å². The molecule has 2 aromatic rings. The summed E-state index contributed by atoms with van der Waals surface area (Å²) in [7, 11) is -3.94. The number of imide groups is 1. The summed E-state index contributed by atoms with van der Waals surface area (Å²) in [6.45, 7) is 1.86. The SMILES string of the molecule is CCN1C(=O)c2ccc(S(=O)(=O)c3ccc(C(=O)O)cc3)cc2C1=O. The van der Waals surface area contributed by atoms with Crippen molar-refractivity contribution in [3.63, 3.8) is 0 Å². The number of carboxylic acid groups (broad SMARTS) is 1. The first-order chi connectivity index (χ1) is 11.8. The number of sulfone groups is 1. The zero-order valence-electron chi connectivity index (χ0n) is 13.1. The Balaban J connectivity index is 2.06. The monoisotopic (exact) mass is 359 g/mol. The van der Waals surface area contributed by atoms with Crippen LogP contribution >= 0.6 is 0 Å². The lowest BCUT2D eigenvalue weighted by Gasteiger charge is -2.08. The molecular weight excluding hydrogens is 346 g/mol. The maximum atomic E-state index is 12.7. The van der Waals surface area contributed by atoms with Crippen LogP contribution in [0, 0.1) is 0 Å². The normalized spacial score (nSPS) is 13.9. The number of hydrogen-bond acceptors (Lipinski definition) is 5. The predicted molar refractivity (Wildman–Crippen MR) is 86.3 cm³/mol. The van der Waals surface area contributed by atoms with Gasteiger partial charge in [-0.2, -0.15) is 0 Å². The number of benzene rings is 2. The van der Waals surface area contributed by atoms with Crippen LogP contribution in [0.4, 0.5) is 0 Å². The van der Waals surface area contributed by atoms with Gasteiger partial charge < -0.3 is 5.11 Å². The Labute approximate surface area is 143 Å². The van der Waals surface area contributed by atoms with E-state index in [9.17, 15) is 22.8 Å². The number of carbonyl (C=O) groups excluding carboxylic acids is 2. The van der Waals surface area contributed by atoms with E-state index >= 15 is 0 Å². The van der Waals surface area contributed by atoms with Crippen molar-refractivity contribution >= 4 is 27.6 Å². The molecule has 2 amide bonds. The average Bonchev–Trinajstić information content (AvgIpc) is 2.85. The second-order valence-electron chi connectivity index (χ2n) is 5.39. The zero-order valence-corrected chi connectivity index (χ0v) is 13.9. The molecule has 1 N–H and O–H groups in total. The van der Waals surface area contributed by atoms with Gasteiger partial charge in [0, 0.05) is 6.54 Å². The van der Waals surface area contributed by atoms with E-state index in [0.29, 0.717) is 0 Å². The number of aromatic carboxylic acids is 1. The summed E-state index contributed by atoms with van der Waals surface area (Å²) in [6, 6.07) is 8.54. The van der Waals surface area contributed by atoms with Crippen molar-refractivity contribution < 1.29 is 27.9 Å². The van der Waals surface area contributed by atoms with Crippen molar-refractivity contribution in [3.8, 4) is 0 Å². The van der Waals surface area contributed by atoms with Crippen molar-refractivity contribution in [2.75, 3.05) is 6.54 Å². The molecular formula is C17H13NO6S. The van der Waals surface area contributed by atoms with E-state index in [0.717, 1.165) is 4.90 Å². The molecule has 0 fully saturated rings. The van der Waals surface area contributed by atoms with Gasteiger partial charge in [-0.25, -0.2) is 13.2 Å². The fraction of sp³-hybridized carbons (Fsp3) is 0.118. The largest absolute Gasteiger partial charge is 0.478 e. The van der Waals surface area contributed by atoms with E-state index in [1.54, 1.807) is 6.92 Å². The van der Waals surface area contributed by atoms with Crippen molar-refractivity contribution in [1.82, 2.24) is 4.90 Å². The molecule has 0 bridgehead atoms. The molecule has 8 heteroatoms. The Morgan fingerprint density at radius 3 is 2.08 bits per heavy atom. The first kappa shape index (κ1) is 16.8. The number of carbonyl (C=O) groups is 3. The molecule has 128 valence electrons. The summed E-state index contributed by atoms with van der Waals surface area (Å²) in [5.41, 5.74) is 0.189. The molecule has 1 heterocycles. The highest BCUT2D eigenvalue weighted by atomic mass is 32.2. The quantitative estimate of drug-likeness (QED) is 0.834. The first-order valence-electron chi connectivity index (χ1n) is 7.36. The zero-order chi connectivity index (χ0) is 18.4. The molecule has 0 aliphatic carbocycles. The molecule has 0 saturated heterocycles. The Morgan fingerprint density at radius 2 is 1.52 bits per heavy atom. The van der Waals surface area contributed by atoms with Gasteiger partial charge in [0.25, 0.3) is 11.8 Å². The maximum Gasteiger partial charge on any atom is 0.335 e. The Kier molecular flexibility index (Phi) is 3.92. The molecule has 0 unspecified atom stereocenters. The summed E-state index contributed by atoms with van der Waals surface area (Å²) < 4.78 is 25.4. The molecule has 0 atom stereocenters. The smallest absolute Gasteiger partial charge is 0.335 e. The number of fused-ring (bicyclic) bond motifs is 1.